The van der Waals surface area contributed by atoms with Gasteiger partial charge in [-0.25, -0.2) is 0 Å². The molecule has 3 rings (SSSR count). The molecule has 1 fully saturated rings. The molecule has 1 aliphatic heterocycles. The molecule has 1 saturated heterocycles. The zero-order valence-corrected chi connectivity index (χ0v) is 26.9. The van der Waals surface area contributed by atoms with Gasteiger partial charge in [0.1, 0.15) is 23.8 Å². The fourth-order valence-electron chi connectivity index (χ4n) is 5.19. The number of carbonyl (C=O) groups is 4. The number of hydrogen-bond acceptors (Lipinski definition) is 6. The summed E-state index contributed by atoms with van der Waals surface area (Å²) < 4.78 is 10.9. The zero-order valence-electron chi connectivity index (χ0n) is 26.9. The minimum atomic E-state index is -0.969. The summed E-state index contributed by atoms with van der Waals surface area (Å²) in [5.41, 5.74) is 1.04. The van der Waals surface area contributed by atoms with Gasteiger partial charge in [0.2, 0.25) is 17.7 Å². The molecular weight excluding hydrogens is 558 g/mol. The maximum atomic E-state index is 13.7. The average Bonchev–Trinajstić information content (AvgIpc) is 3.74. The molecule has 0 spiro atoms. The van der Waals surface area contributed by atoms with E-state index in [2.05, 4.69) is 16.0 Å². The molecule has 0 aliphatic carbocycles. The highest BCUT2D eigenvalue weighted by atomic mass is 16.6. The number of ketones is 1. The number of carbonyl (C=O) groups excluding carboxylic acids is 4. The Kier molecular flexibility index (Phi) is 13.1. The van der Waals surface area contributed by atoms with E-state index in [9.17, 15) is 19.2 Å². The fraction of sp³-hybridized carbons (Fsp3) is 0.543. The van der Waals surface area contributed by atoms with Gasteiger partial charge in [-0.3, -0.25) is 19.2 Å². The first-order chi connectivity index (χ1) is 20.9. The summed E-state index contributed by atoms with van der Waals surface area (Å²) in [5.74, 6) is -1.24. The van der Waals surface area contributed by atoms with E-state index in [-0.39, 0.29) is 29.9 Å². The summed E-state index contributed by atoms with van der Waals surface area (Å²) in [7, 11) is 1.48. The number of aryl methyl sites for hydroxylation is 1. The highest BCUT2D eigenvalue weighted by Gasteiger charge is 2.50. The summed E-state index contributed by atoms with van der Waals surface area (Å²) in [6.45, 7) is 9.95. The van der Waals surface area contributed by atoms with Crippen LogP contribution in [0.1, 0.15) is 65.0 Å². The third-order valence-corrected chi connectivity index (χ3v) is 7.81. The molecule has 0 radical (unpaired) electrons. The number of nitrogens with one attached hydrogen (secondary N) is 3. The van der Waals surface area contributed by atoms with Crippen LogP contribution >= 0.6 is 0 Å². The second kappa shape index (κ2) is 16.5. The van der Waals surface area contributed by atoms with Crippen molar-refractivity contribution in [3.63, 3.8) is 0 Å². The Bertz CT molecular complexity index is 1230. The molecule has 0 aromatic heterocycles. The minimum absolute atomic E-state index is 0.0880. The lowest BCUT2D eigenvalue weighted by atomic mass is 9.93. The third-order valence-electron chi connectivity index (χ3n) is 7.81. The molecule has 3 amide bonds. The molecule has 1 heterocycles. The first-order valence-corrected chi connectivity index (χ1v) is 15.6. The minimum Gasteiger partial charge on any atom is -0.372 e. The monoisotopic (exact) mass is 607 g/mol. The van der Waals surface area contributed by atoms with Gasteiger partial charge in [0.25, 0.3) is 0 Å². The quantitative estimate of drug-likeness (QED) is 0.222. The van der Waals surface area contributed by atoms with Gasteiger partial charge in [0.05, 0.1) is 12.6 Å². The third kappa shape index (κ3) is 10.9. The summed E-state index contributed by atoms with van der Waals surface area (Å²) >= 11 is 0. The molecule has 9 nitrogen and oxygen atoms in total. The van der Waals surface area contributed by atoms with E-state index in [0.717, 1.165) is 11.1 Å². The van der Waals surface area contributed by atoms with E-state index < -0.39 is 41.6 Å². The van der Waals surface area contributed by atoms with Gasteiger partial charge < -0.3 is 25.4 Å². The van der Waals surface area contributed by atoms with Gasteiger partial charge in [0, 0.05) is 13.5 Å². The molecule has 240 valence electrons. The van der Waals surface area contributed by atoms with Crippen LogP contribution in [0, 0.1) is 11.8 Å². The maximum absolute atomic E-state index is 13.7. The van der Waals surface area contributed by atoms with Crippen molar-refractivity contribution in [2.45, 2.75) is 96.6 Å². The Morgan fingerprint density at radius 3 is 1.75 bits per heavy atom. The number of rotatable bonds is 18. The molecule has 3 N–H and O–H groups in total. The van der Waals surface area contributed by atoms with Crippen LogP contribution in [-0.4, -0.2) is 67.1 Å². The van der Waals surface area contributed by atoms with Crippen LogP contribution in [0.25, 0.3) is 0 Å². The smallest absolute Gasteiger partial charge is 0.249 e. The topological polar surface area (TPSA) is 126 Å². The molecule has 0 saturated carbocycles. The lowest BCUT2D eigenvalue weighted by molar-refractivity contribution is -0.137. The van der Waals surface area contributed by atoms with Crippen molar-refractivity contribution in [3.05, 3.63) is 71.8 Å². The first kappa shape index (κ1) is 34.9. The van der Waals surface area contributed by atoms with Crippen LogP contribution in [0.2, 0.25) is 0 Å². The van der Waals surface area contributed by atoms with Crippen LogP contribution in [0.5, 0.6) is 0 Å². The molecule has 9 heteroatoms. The zero-order chi connectivity index (χ0) is 32.3. The highest BCUT2D eigenvalue weighted by molar-refractivity contribution is 5.98. The predicted octanol–water partition coefficient (Wildman–Crippen LogP) is 3.78. The van der Waals surface area contributed by atoms with Crippen LogP contribution in [-0.2, 0) is 41.5 Å². The lowest BCUT2D eigenvalue weighted by Crippen LogP contribution is -2.58. The normalized spacial score (nSPS) is 18.6. The largest absolute Gasteiger partial charge is 0.372 e. The number of amides is 3. The predicted molar refractivity (Wildman–Crippen MR) is 170 cm³/mol. The standard InChI is InChI=1S/C35H49N3O6/c1-23(2)19-27(31(39)35(5)22-44-35)36-33(41)29(21-26-15-11-8-12-16-26)37-32(40)28(20-24(3)4)38-34(42)30(43-6)18-17-25-13-9-7-10-14-25/h7-16,23-24,27-30H,17-22H2,1-6H3,(H,36,41)(H,37,40)(H,38,42)/t27-,28?,29-,30-,35+/m0/s1. The Balaban J connectivity index is 1.76. The first-order valence-electron chi connectivity index (χ1n) is 15.6. The second-order valence-electron chi connectivity index (χ2n) is 12.8. The number of Topliss-reactive ketones (excluding diaryl/α,β-unsaturated/α-hetero) is 1. The van der Waals surface area contributed by atoms with Gasteiger partial charge >= 0.3 is 0 Å². The van der Waals surface area contributed by atoms with E-state index in [1.807, 2.05) is 88.4 Å². The Hall–Kier alpha value is -3.56. The van der Waals surface area contributed by atoms with E-state index in [1.165, 1.54) is 7.11 Å². The highest BCUT2D eigenvalue weighted by Crippen LogP contribution is 2.29. The van der Waals surface area contributed by atoms with Crippen LogP contribution in [0.4, 0.5) is 0 Å². The molecule has 44 heavy (non-hydrogen) atoms. The molecule has 1 unspecified atom stereocenters. The summed E-state index contributed by atoms with van der Waals surface area (Å²) in [6.07, 6.45) is 1.40. The van der Waals surface area contributed by atoms with Crippen molar-refractivity contribution >= 4 is 23.5 Å². The van der Waals surface area contributed by atoms with E-state index >= 15 is 0 Å². The van der Waals surface area contributed by atoms with Crippen molar-refractivity contribution in [2.24, 2.45) is 11.8 Å². The SMILES string of the molecule is CO[C@@H](CCc1ccccc1)C(=O)NC(CC(C)C)C(=O)N[C@@H](Cc1ccccc1)C(=O)N[C@@H](CC(C)C)C(=O)[C@@]1(C)CO1. The van der Waals surface area contributed by atoms with Crippen LogP contribution in [0.15, 0.2) is 60.7 Å². The number of epoxide rings is 1. The van der Waals surface area contributed by atoms with Crippen molar-refractivity contribution in [3.8, 4) is 0 Å². The van der Waals surface area contributed by atoms with Gasteiger partial charge in [-0.15, -0.1) is 0 Å². The van der Waals surface area contributed by atoms with Crippen molar-refractivity contribution < 1.29 is 28.7 Å². The van der Waals surface area contributed by atoms with Gasteiger partial charge in [-0.1, -0.05) is 88.4 Å². The summed E-state index contributed by atoms with van der Waals surface area (Å²) in [4.78, 5) is 54.0. The molecule has 0 bridgehead atoms. The van der Waals surface area contributed by atoms with Gasteiger partial charge in [-0.05, 0) is 55.6 Å². The van der Waals surface area contributed by atoms with E-state index in [0.29, 0.717) is 32.3 Å². The van der Waals surface area contributed by atoms with E-state index in [4.69, 9.17) is 9.47 Å². The number of benzene rings is 2. The Labute approximate surface area is 261 Å². The van der Waals surface area contributed by atoms with Crippen molar-refractivity contribution in [1.82, 2.24) is 16.0 Å². The summed E-state index contributed by atoms with van der Waals surface area (Å²) in [5, 5.41) is 8.68. The van der Waals surface area contributed by atoms with Crippen LogP contribution < -0.4 is 16.0 Å². The van der Waals surface area contributed by atoms with Gasteiger partial charge in [-0.2, -0.15) is 0 Å². The molecule has 5 atom stereocenters. The Morgan fingerprint density at radius 1 is 0.750 bits per heavy atom. The fourth-order valence-corrected chi connectivity index (χ4v) is 5.19. The molecule has 2 aromatic carbocycles. The second-order valence-corrected chi connectivity index (χ2v) is 12.8. The number of methoxy groups -OCH3 is 1. The molecule has 2 aromatic rings. The molecular formula is C35H49N3O6. The summed E-state index contributed by atoms with van der Waals surface area (Å²) in [6, 6.07) is 16.6. The van der Waals surface area contributed by atoms with Crippen LogP contribution in [0.3, 0.4) is 0 Å². The maximum Gasteiger partial charge on any atom is 0.249 e. The Morgan fingerprint density at radius 2 is 1.23 bits per heavy atom. The number of ether oxygens (including phenoxy) is 2. The molecule has 1 aliphatic rings. The van der Waals surface area contributed by atoms with Gasteiger partial charge in [0.15, 0.2) is 5.78 Å². The van der Waals surface area contributed by atoms with E-state index in [1.54, 1.807) is 6.92 Å². The van der Waals surface area contributed by atoms with Crippen molar-refractivity contribution in [2.75, 3.05) is 13.7 Å². The lowest BCUT2D eigenvalue weighted by Gasteiger charge is -2.27. The van der Waals surface area contributed by atoms with Crippen molar-refractivity contribution in [1.29, 1.82) is 0 Å². The number of hydrogen-bond donors (Lipinski definition) is 3. The average molecular weight is 608 g/mol.